The molecule has 1 aromatic carbocycles. The summed E-state index contributed by atoms with van der Waals surface area (Å²) in [6, 6.07) is 8.34. The highest BCUT2D eigenvalue weighted by atomic mass is 16.4. The quantitative estimate of drug-likeness (QED) is 0.445. The molecule has 16 heavy (non-hydrogen) atoms. The Labute approximate surface area is 95.7 Å². The van der Waals surface area contributed by atoms with E-state index in [4.69, 9.17) is 5.21 Å². The number of rotatable bonds is 1. The van der Waals surface area contributed by atoms with E-state index in [0.29, 0.717) is 0 Å². The summed E-state index contributed by atoms with van der Waals surface area (Å²) in [5, 5.41) is 11.5. The number of oxime groups is 1. The molecule has 3 nitrogen and oxygen atoms in total. The number of anilines is 1. The van der Waals surface area contributed by atoms with Gasteiger partial charge in [-0.2, -0.15) is 0 Å². The third-order valence-electron chi connectivity index (χ3n) is 3.24. The van der Waals surface area contributed by atoms with Crippen molar-refractivity contribution in [2.75, 3.05) is 11.9 Å². The van der Waals surface area contributed by atoms with Gasteiger partial charge < -0.3 is 10.1 Å². The van der Waals surface area contributed by atoms with E-state index in [1.807, 2.05) is 19.2 Å². The van der Waals surface area contributed by atoms with E-state index in [1.54, 1.807) is 0 Å². The van der Waals surface area contributed by atoms with E-state index >= 15 is 0 Å². The Morgan fingerprint density at radius 2 is 2.00 bits per heavy atom. The van der Waals surface area contributed by atoms with Crippen molar-refractivity contribution in [1.82, 2.24) is 0 Å². The van der Waals surface area contributed by atoms with Crippen LogP contribution in [0.4, 0.5) is 5.69 Å². The van der Waals surface area contributed by atoms with Crippen LogP contribution in [-0.2, 0) is 5.41 Å². The molecule has 0 unspecified atom stereocenters. The number of hydrogen-bond donors (Lipinski definition) is 1. The lowest BCUT2D eigenvalue weighted by Crippen LogP contribution is -2.23. The lowest BCUT2D eigenvalue weighted by Gasteiger charge is -2.23. The Balaban J connectivity index is 2.57. The Bertz CT molecular complexity index is 461. The van der Waals surface area contributed by atoms with Crippen LogP contribution in [-0.4, -0.2) is 18.5 Å². The summed E-state index contributed by atoms with van der Waals surface area (Å²) < 4.78 is 0. The van der Waals surface area contributed by atoms with Crippen molar-refractivity contribution < 1.29 is 5.21 Å². The highest BCUT2D eigenvalue weighted by molar-refractivity contribution is 5.78. The van der Waals surface area contributed by atoms with Crippen LogP contribution in [0.2, 0.25) is 0 Å². The molecule has 1 N–H and O–H groups in total. The maximum atomic E-state index is 8.51. The third-order valence-corrected chi connectivity index (χ3v) is 3.24. The van der Waals surface area contributed by atoms with Gasteiger partial charge in [0.25, 0.3) is 0 Å². The van der Waals surface area contributed by atoms with E-state index in [0.717, 1.165) is 5.70 Å². The normalized spacial score (nSPS) is 20.7. The summed E-state index contributed by atoms with van der Waals surface area (Å²) in [5.74, 6) is 0. The predicted molar refractivity (Wildman–Crippen MR) is 66.2 cm³/mol. The molecule has 2 rings (SSSR count). The van der Waals surface area contributed by atoms with Crippen molar-refractivity contribution in [3.63, 3.8) is 0 Å². The number of likely N-dealkylation sites (N-methyl/N-ethyl adjacent to an activating group) is 1. The van der Waals surface area contributed by atoms with Gasteiger partial charge in [0.2, 0.25) is 0 Å². The van der Waals surface area contributed by atoms with Gasteiger partial charge in [-0.3, -0.25) is 0 Å². The fourth-order valence-corrected chi connectivity index (χ4v) is 2.41. The van der Waals surface area contributed by atoms with Gasteiger partial charge in [0, 0.05) is 23.8 Å². The van der Waals surface area contributed by atoms with E-state index in [1.165, 1.54) is 17.5 Å². The molecule has 0 amide bonds. The minimum absolute atomic E-state index is 0.0491. The second-order valence-electron chi connectivity index (χ2n) is 4.52. The Hall–Kier alpha value is -1.77. The maximum Gasteiger partial charge on any atom is 0.0679 e. The fraction of sp³-hybridized carbons (Fsp3) is 0.308. The molecule has 3 heteroatoms. The summed E-state index contributed by atoms with van der Waals surface area (Å²) in [7, 11) is 2.03. The zero-order valence-electron chi connectivity index (χ0n) is 9.81. The molecule has 0 bridgehead atoms. The predicted octanol–water partition coefficient (Wildman–Crippen LogP) is 2.76. The van der Waals surface area contributed by atoms with Gasteiger partial charge in [0.05, 0.1) is 6.21 Å². The first-order valence-electron chi connectivity index (χ1n) is 5.30. The molecule has 0 saturated carbocycles. The number of para-hydroxylation sites is 1. The Morgan fingerprint density at radius 3 is 2.62 bits per heavy atom. The number of hydrogen-bond acceptors (Lipinski definition) is 3. The van der Waals surface area contributed by atoms with Gasteiger partial charge in [-0.05, 0) is 17.7 Å². The van der Waals surface area contributed by atoms with Crippen LogP contribution < -0.4 is 4.90 Å². The molecular formula is C13H16N2O. The Morgan fingerprint density at radius 1 is 1.31 bits per heavy atom. The molecule has 1 heterocycles. The first kappa shape index (κ1) is 10.7. The molecule has 0 fully saturated rings. The van der Waals surface area contributed by atoms with E-state index in [-0.39, 0.29) is 5.41 Å². The number of nitrogens with zero attached hydrogens (tertiary/aromatic N) is 2. The summed E-state index contributed by atoms with van der Waals surface area (Å²) in [6.07, 6.45) is 3.26. The minimum Gasteiger partial charge on any atom is -0.411 e. The zero-order chi connectivity index (χ0) is 11.8. The molecule has 0 aliphatic carbocycles. The number of benzene rings is 1. The van der Waals surface area contributed by atoms with Crippen molar-refractivity contribution in [2.24, 2.45) is 5.16 Å². The first-order chi connectivity index (χ1) is 7.59. The van der Waals surface area contributed by atoms with Gasteiger partial charge >= 0.3 is 0 Å². The lowest BCUT2D eigenvalue weighted by molar-refractivity contribution is 0.322. The van der Waals surface area contributed by atoms with Gasteiger partial charge in [-0.25, -0.2) is 0 Å². The van der Waals surface area contributed by atoms with Crippen LogP contribution in [0.3, 0.4) is 0 Å². The van der Waals surface area contributed by atoms with Crippen molar-refractivity contribution in [3.05, 3.63) is 41.6 Å². The monoisotopic (exact) mass is 216 g/mol. The van der Waals surface area contributed by atoms with E-state index < -0.39 is 0 Å². The second kappa shape index (κ2) is 3.67. The summed E-state index contributed by atoms with van der Waals surface area (Å²) in [6.45, 7) is 4.35. The van der Waals surface area contributed by atoms with Gasteiger partial charge in [0.1, 0.15) is 0 Å². The average molecular weight is 216 g/mol. The fourth-order valence-electron chi connectivity index (χ4n) is 2.41. The van der Waals surface area contributed by atoms with Crippen LogP contribution in [0.25, 0.3) is 0 Å². The Kier molecular flexibility index (Phi) is 2.46. The lowest BCUT2D eigenvalue weighted by atomic mass is 9.84. The molecular weight excluding hydrogens is 200 g/mol. The second-order valence-corrected chi connectivity index (χ2v) is 4.52. The topological polar surface area (TPSA) is 35.8 Å². The van der Waals surface area contributed by atoms with E-state index in [9.17, 15) is 0 Å². The van der Waals surface area contributed by atoms with E-state index in [2.05, 4.69) is 42.1 Å². The molecule has 1 aliphatic rings. The van der Waals surface area contributed by atoms with Crippen molar-refractivity contribution in [3.8, 4) is 0 Å². The van der Waals surface area contributed by atoms with Crippen LogP contribution in [0.1, 0.15) is 19.4 Å². The molecule has 1 aliphatic heterocycles. The smallest absolute Gasteiger partial charge is 0.0679 e. The summed E-state index contributed by atoms with van der Waals surface area (Å²) in [5.41, 5.74) is 3.60. The van der Waals surface area contributed by atoms with Crippen LogP contribution in [0.15, 0.2) is 41.2 Å². The largest absolute Gasteiger partial charge is 0.411 e. The van der Waals surface area contributed by atoms with Crippen molar-refractivity contribution in [1.29, 1.82) is 0 Å². The zero-order valence-corrected chi connectivity index (χ0v) is 9.81. The molecule has 0 atom stereocenters. The molecule has 84 valence electrons. The minimum atomic E-state index is -0.0491. The highest BCUT2D eigenvalue weighted by Gasteiger charge is 2.37. The van der Waals surface area contributed by atoms with Crippen LogP contribution in [0, 0.1) is 0 Å². The van der Waals surface area contributed by atoms with Gasteiger partial charge in [0.15, 0.2) is 0 Å². The molecule has 0 radical (unpaired) electrons. The SMILES string of the molecule is CN1/C(=C\C=NO)C(C)(C)c2ccccc21. The third kappa shape index (κ3) is 1.40. The molecule has 1 aromatic rings. The molecule has 0 spiro atoms. The highest BCUT2D eigenvalue weighted by Crippen LogP contribution is 2.46. The summed E-state index contributed by atoms with van der Waals surface area (Å²) >= 11 is 0. The average Bonchev–Trinajstić information content (AvgIpc) is 2.46. The standard InChI is InChI=1S/C13H16N2O/c1-13(2)10-6-4-5-7-11(10)15(3)12(13)8-9-14-16/h4-9,16H,1-3H3/b12-8-,14-9?. The maximum absolute atomic E-state index is 8.51. The van der Waals surface area contributed by atoms with Crippen molar-refractivity contribution in [2.45, 2.75) is 19.3 Å². The van der Waals surface area contributed by atoms with Crippen LogP contribution >= 0.6 is 0 Å². The van der Waals surface area contributed by atoms with Gasteiger partial charge in [-0.15, -0.1) is 0 Å². The molecule has 0 aromatic heterocycles. The number of fused-ring (bicyclic) bond motifs is 1. The van der Waals surface area contributed by atoms with Gasteiger partial charge in [-0.1, -0.05) is 37.2 Å². The first-order valence-corrected chi connectivity index (χ1v) is 5.30. The van der Waals surface area contributed by atoms with Crippen molar-refractivity contribution >= 4 is 11.9 Å². The van der Waals surface area contributed by atoms with Crippen LogP contribution in [0.5, 0.6) is 0 Å². The molecule has 0 saturated heterocycles. The summed E-state index contributed by atoms with van der Waals surface area (Å²) in [4.78, 5) is 2.14. The number of allylic oxidation sites excluding steroid dienone is 2.